The second-order valence-corrected chi connectivity index (χ2v) is 4.39. The molecule has 1 aromatic rings. The zero-order valence-electron chi connectivity index (χ0n) is 7.97. The number of aromatic nitrogens is 2. The van der Waals surface area contributed by atoms with Crippen molar-refractivity contribution in [1.29, 1.82) is 0 Å². The molecule has 1 aliphatic rings. The van der Waals surface area contributed by atoms with Crippen molar-refractivity contribution in [1.82, 2.24) is 10.2 Å². The standard InChI is InChI=1S/C9H14N4S/c10-6-8-7-14-5-4-13(8)9-2-1-3-11-12-9/h1-3,8H,4-7,10H2. The van der Waals surface area contributed by atoms with Gasteiger partial charge in [-0.3, -0.25) is 0 Å². The van der Waals surface area contributed by atoms with Crippen LogP contribution in [0.1, 0.15) is 0 Å². The van der Waals surface area contributed by atoms with Crippen LogP contribution in [0.25, 0.3) is 0 Å². The Morgan fingerprint density at radius 3 is 3.29 bits per heavy atom. The number of nitrogens with zero attached hydrogens (tertiary/aromatic N) is 3. The third kappa shape index (κ3) is 1.99. The summed E-state index contributed by atoms with van der Waals surface area (Å²) in [6.45, 7) is 1.70. The van der Waals surface area contributed by atoms with Crippen molar-refractivity contribution < 1.29 is 0 Å². The zero-order chi connectivity index (χ0) is 9.80. The lowest BCUT2D eigenvalue weighted by Crippen LogP contribution is -2.47. The van der Waals surface area contributed by atoms with Gasteiger partial charge in [0.05, 0.1) is 6.04 Å². The molecule has 0 saturated carbocycles. The number of hydrogen-bond donors (Lipinski definition) is 1. The van der Waals surface area contributed by atoms with E-state index in [1.165, 1.54) is 0 Å². The van der Waals surface area contributed by atoms with Crippen LogP contribution >= 0.6 is 11.8 Å². The first-order valence-corrected chi connectivity index (χ1v) is 5.89. The monoisotopic (exact) mass is 210 g/mol. The van der Waals surface area contributed by atoms with Crippen molar-refractivity contribution in [2.75, 3.05) is 29.5 Å². The summed E-state index contributed by atoms with van der Waals surface area (Å²) < 4.78 is 0. The smallest absolute Gasteiger partial charge is 0.151 e. The molecule has 1 atom stereocenters. The van der Waals surface area contributed by atoms with Gasteiger partial charge in [0, 0.05) is 30.8 Å². The first-order chi connectivity index (χ1) is 6.92. The quantitative estimate of drug-likeness (QED) is 0.763. The molecule has 1 unspecified atom stereocenters. The van der Waals surface area contributed by atoms with Crippen molar-refractivity contribution >= 4 is 17.6 Å². The topological polar surface area (TPSA) is 55.0 Å². The number of hydrogen-bond acceptors (Lipinski definition) is 5. The largest absolute Gasteiger partial charge is 0.349 e. The Kier molecular flexibility index (Phi) is 3.21. The molecule has 0 radical (unpaired) electrons. The van der Waals surface area contributed by atoms with E-state index in [0.717, 1.165) is 23.9 Å². The molecule has 1 aromatic heterocycles. The summed E-state index contributed by atoms with van der Waals surface area (Å²) >= 11 is 1.96. The molecule has 2 N–H and O–H groups in total. The molecular weight excluding hydrogens is 196 g/mol. The molecule has 2 rings (SSSR count). The highest BCUT2D eigenvalue weighted by molar-refractivity contribution is 7.99. The minimum atomic E-state index is 0.408. The molecule has 5 heteroatoms. The molecule has 2 heterocycles. The maximum atomic E-state index is 5.73. The van der Waals surface area contributed by atoms with Crippen molar-refractivity contribution in [2.24, 2.45) is 5.73 Å². The van der Waals surface area contributed by atoms with E-state index in [-0.39, 0.29) is 0 Å². The van der Waals surface area contributed by atoms with Crippen LogP contribution in [-0.2, 0) is 0 Å². The molecule has 0 aliphatic carbocycles. The summed E-state index contributed by atoms with van der Waals surface area (Å²) in [6, 6.07) is 4.31. The van der Waals surface area contributed by atoms with Crippen LogP contribution in [-0.4, -0.2) is 40.8 Å². The van der Waals surface area contributed by atoms with E-state index < -0.39 is 0 Å². The van der Waals surface area contributed by atoms with Gasteiger partial charge in [-0.2, -0.15) is 16.9 Å². The zero-order valence-corrected chi connectivity index (χ0v) is 8.78. The Morgan fingerprint density at radius 2 is 2.57 bits per heavy atom. The normalized spacial score (nSPS) is 22.4. The molecule has 1 fully saturated rings. The Labute approximate surface area is 87.9 Å². The molecule has 76 valence electrons. The van der Waals surface area contributed by atoms with Crippen LogP contribution in [0.3, 0.4) is 0 Å². The number of anilines is 1. The van der Waals surface area contributed by atoms with Gasteiger partial charge in [-0.1, -0.05) is 0 Å². The molecule has 14 heavy (non-hydrogen) atoms. The van der Waals surface area contributed by atoms with Crippen molar-refractivity contribution in [3.05, 3.63) is 18.3 Å². The lowest BCUT2D eigenvalue weighted by Gasteiger charge is -2.35. The van der Waals surface area contributed by atoms with Crippen LogP contribution in [0.4, 0.5) is 5.82 Å². The first-order valence-electron chi connectivity index (χ1n) is 4.74. The summed E-state index contributed by atoms with van der Waals surface area (Å²) in [6.07, 6.45) is 1.69. The van der Waals surface area contributed by atoms with Gasteiger partial charge in [0.1, 0.15) is 0 Å². The molecule has 1 saturated heterocycles. The van der Waals surface area contributed by atoms with Crippen LogP contribution in [0.2, 0.25) is 0 Å². The maximum absolute atomic E-state index is 5.73. The fourth-order valence-electron chi connectivity index (χ4n) is 1.60. The minimum Gasteiger partial charge on any atom is -0.349 e. The predicted molar refractivity (Wildman–Crippen MR) is 59.5 cm³/mol. The van der Waals surface area contributed by atoms with E-state index >= 15 is 0 Å². The van der Waals surface area contributed by atoms with Crippen molar-refractivity contribution in [3.8, 4) is 0 Å². The van der Waals surface area contributed by atoms with Gasteiger partial charge < -0.3 is 10.6 Å². The molecule has 4 nitrogen and oxygen atoms in total. The molecule has 0 amide bonds. The van der Waals surface area contributed by atoms with Gasteiger partial charge in [-0.25, -0.2) is 0 Å². The van der Waals surface area contributed by atoms with Crippen LogP contribution in [0.15, 0.2) is 18.3 Å². The Balaban J connectivity index is 2.15. The third-order valence-electron chi connectivity index (χ3n) is 2.35. The van der Waals surface area contributed by atoms with E-state index in [1.54, 1.807) is 6.20 Å². The van der Waals surface area contributed by atoms with Crippen LogP contribution in [0.5, 0.6) is 0 Å². The summed E-state index contributed by atoms with van der Waals surface area (Å²) in [5.41, 5.74) is 5.73. The SMILES string of the molecule is NCC1CSCCN1c1cccnn1. The molecule has 0 aromatic carbocycles. The average molecular weight is 210 g/mol. The van der Waals surface area contributed by atoms with E-state index in [2.05, 4.69) is 15.1 Å². The highest BCUT2D eigenvalue weighted by Crippen LogP contribution is 2.20. The Bertz CT molecular complexity index is 279. The summed E-state index contributed by atoms with van der Waals surface area (Å²) in [7, 11) is 0. The van der Waals surface area contributed by atoms with Gasteiger partial charge in [-0.05, 0) is 12.1 Å². The third-order valence-corrected chi connectivity index (χ3v) is 3.44. The predicted octanol–water partition coefficient (Wildman–Crippen LogP) is 0.357. The van der Waals surface area contributed by atoms with Crippen LogP contribution < -0.4 is 10.6 Å². The summed E-state index contributed by atoms with van der Waals surface area (Å²) in [5, 5.41) is 8.00. The van der Waals surface area contributed by atoms with Gasteiger partial charge in [0.25, 0.3) is 0 Å². The van der Waals surface area contributed by atoms with Crippen molar-refractivity contribution in [3.63, 3.8) is 0 Å². The average Bonchev–Trinajstić information content (AvgIpc) is 2.30. The second kappa shape index (κ2) is 4.61. The van der Waals surface area contributed by atoms with Crippen LogP contribution in [0, 0.1) is 0 Å². The Morgan fingerprint density at radius 1 is 1.64 bits per heavy atom. The fraction of sp³-hybridized carbons (Fsp3) is 0.556. The van der Waals surface area contributed by atoms with E-state index in [4.69, 9.17) is 5.73 Å². The lowest BCUT2D eigenvalue weighted by atomic mass is 10.2. The summed E-state index contributed by atoms with van der Waals surface area (Å²) in [4.78, 5) is 2.25. The van der Waals surface area contributed by atoms with E-state index in [0.29, 0.717) is 12.6 Å². The fourth-order valence-corrected chi connectivity index (χ4v) is 2.68. The molecule has 0 bridgehead atoms. The number of nitrogens with two attached hydrogens (primary N) is 1. The Hall–Kier alpha value is -0.810. The summed E-state index contributed by atoms with van der Waals surface area (Å²) in [5.74, 6) is 3.18. The molecule has 0 spiro atoms. The van der Waals surface area contributed by atoms with E-state index in [9.17, 15) is 0 Å². The minimum absolute atomic E-state index is 0.408. The van der Waals surface area contributed by atoms with Crippen molar-refractivity contribution in [2.45, 2.75) is 6.04 Å². The van der Waals surface area contributed by atoms with Gasteiger partial charge in [-0.15, -0.1) is 5.10 Å². The number of rotatable bonds is 2. The first kappa shape index (κ1) is 9.73. The van der Waals surface area contributed by atoms with E-state index in [1.807, 2.05) is 23.9 Å². The maximum Gasteiger partial charge on any atom is 0.151 e. The lowest BCUT2D eigenvalue weighted by molar-refractivity contribution is 0.642. The second-order valence-electron chi connectivity index (χ2n) is 3.24. The highest BCUT2D eigenvalue weighted by Gasteiger charge is 2.22. The van der Waals surface area contributed by atoms with Gasteiger partial charge in [0.15, 0.2) is 5.82 Å². The highest BCUT2D eigenvalue weighted by atomic mass is 32.2. The molecular formula is C9H14N4S. The molecule has 1 aliphatic heterocycles. The van der Waals surface area contributed by atoms with Gasteiger partial charge >= 0.3 is 0 Å². The number of thioether (sulfide) groups is 1. The van der Waals surface area contributed by atoms with Gasteiger partial charge in [0.2, 0.25) is 0 Å².